The van der Waals surface area contributed by atoms with Gasteiger partial charge in [-0.15, -0.1) is 0 Å². The highest BCUT2D eigenvalue weighted by Gasteiger charge is 2.42. The van der Waals surface area contributed by atoms with Crippen LogP contribution in [-0.4, -0.2) is 29.7 Å². The number of ether oxygens (including phenoxy) is 2. The van der Waals surface area contributed by atoms with Crippen LogP contribution in [0.5, 0.6) is 0 Å². The van der Waals surface area contributed by atoms with E-state index in [1.807, 2.05) is 13.8 Å². The van der Waals surface area contributed by atoms with Crippen molar-refractivity contribution in [2.45, 2.75) is 65.5 Å². The predicted molar refractivity (Wildman–Crippen MR) is 73.3 cm³/mol. The molecule has 1 unspecified atom stereocenters. The Morgan fingerprint density at radius 3 is 2.44 bits per heavy atom. The van der Waals surface area contributed by atoms with E-state index in [0.717, 1.165) is 6.42 Å². The molecule has 0 spiro atoms. The normalized spacial score (nSPS) is 29.3. The summed E-state index contributed by atoms with van der Waals surface area (Å²) in [6.07, 6.45) is 6.18. The maximum Gasteiger partial charge on any atom is 0.163 e. The molecule has 1 saturated heterocycles. The summed E-state index contributed by atoms with van der Waals surface area (Å²) in [6, 6.07) is 0. The average Bonchev–Trinajstić information content (AvgIpc) is 2.54. The Hall–Kier alpha value is -0.380. The highest BCUT2D eigenvalue weighted by Crippen LogP contribution is 2.34. The fourth-order valence-corrected chi connectivity index (χ4v) is 2.33. The van der Waals surface area contributed by atoms with Crippen LogP contribution in [0.1, 0.15) is 47.5 Å². The molecule has 0 bridgehead atoms. The lowest BCUT2D eigenvalue weighted by Gasteiger charge is -2.20. The predicted octanol–water partition coefficient (Wildman–Crippen LogP) is 3.13. The van der Waals surface area contributed by atoms with Crippen molar-refractivity contribution in [3.63, 3.8) is 0 Å². The summed E-state index contributed by atoms with van der Waals surface area (Å²) >= 11 is 0. The molecule has 3 heteroatoms. The van der Waals surface area contributed by atoms with Gasteiger partial charge in [-0.25, -0.2) is 0 Å². The summed E-state index contributed by atoms with van der Waals surface area (Å²) in [5.41, 5.74) is 0. The van der Waals surface area contributed by atoms with Crippen molar-refractivity contribution in [1.29, 1.82) is 0 Å². The maximum absolute atomic E-state index is 9.09. The summed E-state index contributed by atoms with van der Waals surface area (Å²) in [4.78, 5) is 0. The third-order valence-corrected chi connectivity index (χ3v) is 3.20. The molecule has 0 radical (unpaired) electrons. The zero-order valence-electron chi connectivity index (χ0n) is 12.3. The number of aliphatic hydroxyl groups excluding tert-OH is 1. The minimum Gasteiger partial charge on any atom is -0.396 e. The van der Waals surface area contributed by atoms with Crippen molar-refractivity contribution in [3.8, 4) is 0 Å². The highest BCUT2D eigenvalue weighted by atomic mass is 16.8. The molecule has 0 amide bonds. The molecule has 18 heavy (non-hydrogen) atoms. The van der Waals surface area contributed by atoms with Gasteiger partial charge >= 0.3 is 0 Å². The van der Waals surface area contributed by atoms with Crippen molar-refractivity contribution in [2.24, 2.45) is 11.8 Å². The fraction of sp³-hybridized carbons (Fsp3) is 0.867. The molecule has 1 rings (SSSR count). The van der Waals surface area contributed by atoms with Gasteiger partial charge in [-0.3, -0.25) is 0 Å². The second-order valence-electron chi connectivity index (χ2n) is 6.07. The molecule has 1 fully saturated rings. The molecule has 3 nitrogen and oxygen atoms in total. The second kappa shape index (κ2) is 6.69. The van der Waals surface area contributed by atoms with Crippen molar-refractivity contribution in [3.05, 3.63) is 12.2 Å². The Bertz CT molecular complexity index is 271. The van der Waals surface area contributed by atoms with Gasteiger partial charge in [0.2, 0.25) is 0 Å². The molecule has 106 valence electrons. The molecule has 0 saturated carbocycles. The first kappa shape index (κ1) is 15.7. The topological polar surface area (TPSA) is 38.7 Å². The van der Waals surface area contributed by atoms with E-state index in [2.05, 4.69) is 32.9 Å². The lowest BCUT2D eigenvalue weighted by Crippen LogP contribution is -2.29. The second-order valence-corrected chi connectivity index (χ2v) is 6.07. The summed E-state index contributed by atoms with van der Waals surface area (Å²) in [6.45, 7) is 10.6. The zero-order chi connectivity index (χ0) is 13.8. The minimum absolute atomic E-state index is 0.0105. The Labute approximate surface area is 111 Å². The first-order valence-corrected chi connectivity index (χ1v) is 6.99. The summed E-state index contributed by atoms with van der Waals surface area (Å²) in [7, 11) is 0. The van der Waals surface area contributed by atoms with Crippen LogP contribution in [0.3, 0.4) is 0 Å². The van der Waals surface area contributed by atoms with E-state index in [4.69, 9.17) is 14.6 Å². The molecular formula is C15H28O3. The summed E-state index contributed by atoms with van der Waals surface area (Å²) in [5, 5.41) is 9.09. The monoisotopic (exact) mass is 256 g/mol. The van der Waals surface area contributed by atoms with Gasteiger partial charge in [-0.1, -0.05) is 32.9 Å². The highest BCUT2D eigenvalue weighted by molar-refractivity contribution is 4.96. The largest absolute Gasteiger partial charge is 0.396 e. The van der Waals surface area contributed by atoms with Crippen molar-refractivity contribution in [1.82, 2.24) is 0 Å². The lowest BCUT2D eigenvalue weighted by molar-refractivity contribution is -0.149. The lowest BCUT2D eigenvalue weighted by atomic mass is 9.96. The van der Waals surface area contributed by atoms with E-state index >= 15 is 0 Å². The van der Waals surface area contributed by atoms with E-state index < -0.39 is 5.79 Å². The molecular weight excluding hydrogens is 228 g/mol. The van der Waals surface area contributed by atoms with Gasteiger partial charge in [0, 0.05) is 12.5 Å². The SMILES string of the molecule is CC(C)C/C=C\C(C)[C@H]1OC(C)(C)O[C@H]1CCO. The summed E-state index contributed by atoms with van der Waals surface area (Å²) < 4.78 is 11.8. The maximum atomic E-state index is 9.09. The van der Waals surface area contributed by atoms with Crippen molar-refractivity contribution >= 4 is 0 Å². The number of hydrogen-bond donors (Lipinski definition) is 1. The third kappa shape index (κ3) is 4.71. The molecule has 3 atom stereocenters. The third-order valence-electron chi connectivity index (χ3n) is 3.20. The van der Waals surface area contributed by atoms with Crippen LogP contribution in [0.25, 0.3) is 0 Å². The van der Waals surface area contributed by atoms with Crippen LogP contribution in [0.15, 0.2) is 12.2 Å². The van der Waals surface area contributed by atoms with Gasteiger partial charge < -0.3 is 14.6 Å². The first-order chi connectivity index (χ1) is 8.35. The van der Waals surface area contributed by atoms with Gasteiger partial charge in [0.1, 0.15) is 0 Å². The van der Waals surface area contributed by atoms with E-state index in [1.54, 1.807) is 0 Å². The van der Waals surface area contributed by atoms with Gasteiger partial charge in [0.05, 0.1) is 12.2 Å². The Morgan fingerprint density at radius 2 is 1.89 bits per heavy atom. The van der Waals surface area contributed by atoms with Crippen molar-refractivity contribution in [2.75, 3.05) is 6.61 Å². The van der Waals surface area contributed by atoms with Crippen LogP contribution < -0.4 is 0 Å². The van der Waals surface area contributed by atoms with Crippen LogP contribution in [0.4, 0.5) is 0 Å². The standard InChI is InChI=1S/C15H28O3/c1-11(2)7-6-8-12(3)14-13(9-10-16)17-15(4,5)18-14/h6,8,11-14,16H,7,9-10H2,1-5H3/b8-6-/t12?,13-,14+/m0/s1. The molecule has 1 N–H and O–H groups in total. The molecule has 0 aromatic rings. The molecule has 1 aliphatic heterocycles. The van der Waals surface area contributed by atoms with E-state index in [-0.39, 0.29) is 18.8 Å². The zero-order valence-corrected chi connectivity index (χ0v) is 12.3. The molecule has 1 heterocycles. The molecule has 0 aliphatic carbocycles. The van der Waals surface area contributed by atoms with Gasteiger partial charge in [-0.2, -0.15) is 0 Å². The van der Waals surface area contributed by atoms with Crippen LogP contribution in [0, 0.1) is 11.8 Å². The van der Waals surface area contributed by atoms with Crippen LogP contribution >= 0.6 is 0 Å². The van der Waals surface area contributed by atoms with Gasteiger partial charge in [0.15, 0.2) is 5.79 Å². The van der Waals surface area contributed by atoms with Crippen LogP contribution in [-0.2, 0) is 9.47 Å². The van der Waals surface area contributed by atoms with Crippen LogP contribution in [0.2, 0.25) is 0 Å². The van der Waals surface area contributed by atoms with E-state index in [1.165, 1.54) is 0 Å². The average molecular weight is 256 g/mol. The summed E-state index contributed by atoms with van der Waals surface area (Å²) in [5.74, 6) is 0.450. The fourth-order valence-electron chi connectivity index (χ4n) is 2.33. The molecule has 1 aliphatic rings. The smallest absolute Gasteiger partial charge is 0.163 e. The Morgan fingerprint density at radius 1 is 1.22 bits per heavy atom. The number of allylic oxidation sites excluding steroid dienone is 1. The Balaban J connectivity index is 2.59. The molecule has 0 aromatic heterocycles. The van der Waals surface area contributed by atoms with Crippen molar-refractivity contribution < 1.29 is 14.6 Å². The Kier molecular flexibility index (Phi) is 5.83. The van der Waals surface area contributed by atoms with E-state index in [9.17, 15) is 0 Å². The van der Waals surface area contributed by atoms with Gasteiger partial charge in [-0.05, 0) is 32.6 Å². The van der Waals surface area contributed by atoms with Gasteiger partial charge in [0.25, 0.3) is 0 Å². The van der Waals surface area contributed by atoms with E-state index in [0.29, 0.717) is 18.3 Å². The number of aliphatic hydroxyl groups is 1. The number of hydrogen-bond acceptors (Lipinski definition) is 3. The molecule has 0 aromatic carbocycles. The quantitative estimate of drug-likeness (QED) is 0.742. The minimum atomic E-state index is -0.537. The first-order valence-electron chi connectivity index (χ1n) is 6.99. The number of rotatable bonds is 6.